The van der Waals surface area contributed by atoms with Crippen molar-refractivity contribution in [3.63, 3.8) is 0 Å². The molecular formula is C15H16F2N4O. The quantitative estimate of drug-likeness (QED) is 0.890. The highest BCUT2D eigenvalue weighted by Crippen LogP contribution is 2.43. The van der Waals surface area contributed by atoms with Crippen LogP contribution in [0.3, 0.4) is 0 Å². The molecule has 116 valence electrons. The Bertz CT molecular complexity index is 668. The number of H-pyrrole nitrogens is 1. The second kappa shape index (κ2) is 5.82. The molecule has 1 aromatic heterocycles. The molecule has 1 aliphatic rings. The van der Waals surface area contributed by atoms with E-state index in [1.54, 1.807) is 0 Å². The van der Waals surface area contributed by atoms with Crippen LogP contribution in [0.15, 0.2) is 24.4 Å². The van der Waals surface area contributed by atoms with Gasteiger partial charge in [0.2, 0.25) is 0 Å². The molecule has 0 atom stereocenters. The Labute approximate surface area is 126 Å². The molecule has 0 spiro atoms. The van der Waals surface area contributed by atoms with Crippen LogP contribution < -0.4 is 5.32 Å². The van der Waals surface area contributed by atoms with Crippen molar-refractivity contribution in [2.75, 3.05) is 6.54 Å². The van der Waals surface area contributed by atoms with Gasteiger partial charge in [-0.2, -0.15) is 0 Å². The van der Waals surface area contributed by atoms with Crippen LogP contribution in [0.2, 0.25) is 0 Å². The first-order valence-electron chi connectivity index (χ1n) is 7.16. The minimum absolute atomic E-state index is 0.165. The van der Waals surface area contributed by atoms with Crippen molar-refractivity contribution in [3.8, 4) is 0 Å². The molecule has 1 aliphatic carbocycles. The summed E-state index contributed by atoms with van der Waals surface area (Å²) in [4.78, 5) is 11.9. The number of hydrogen-bond acceptors (Lipinski definition) is 3. The first-order chi connectivity index (χ1) is 10.6. The molecule has 1 fully saturated rings. The molecule has 2 N–H and O–H groups in total. The number of nitrogens with one attached hydrogen (secondary N) is 2. The molecular weight excluding hydrogens is 290 g/mol. The second-order valence-corrected chi connectivity index (χ2v) is 5.82. The number of halogens is 2. The number of hydrogen-bond donors (Lipinski definition) is 2. The Morgan fingerprint density at radius 1 is 1.36 bits per heavy atom. The lowest BCUT2D eigenvalue weighted by atomic mass is 9.65. The summed E-state index contributed by atoms with van der Waals surface area (Å²) < 4.78 is 26.8. The summed E-state index contributed by atoms with van der Waals surface area (Å²) >= 11 is 0. The molecule has 22 heavy (non-hydrogen) atoms. The van der Waals surface area contributed by atoms with E-state index in [0.717, 1.165) is 25.3 Å². The molecule has 0 unspecified atom stereocenters. The molecule has 1 aromatic carbocycles. The summed E-state index contributed by atoms with van der Waals surface area (Å²) in [6.07, 6.45) is 4.70. The van der Waals surface area contributed by atoms with Crippen LogP contribution in [0, 0.1) is 17.0 Å². The zero-order valence-electron chi connectivity index (χ0n) is 11.9. The SMILES string of the molecule is O=C(NCC1(Cc2ccc(F)cc2F)CCC1)c1cnn[nH]1. The maximum absolute atomic E-state index is 13.8. The van der Waals surface area contributed by atoms with E-state index in [0.29, 0.717) is 24.2 Å². The van der Waals surface area contributed by atoms with Crippen molar-refractivity contribution in [2.45, 2.75) is 25.7 Å². The van der Waals surface area contributed by atoms with Crippen LogP contribution in [-0.2, 0) is 6.42 Å². The highest BCUT2D eigenvalue weighted by molar-refractivity contribution is 5.91. The van der Waals surface area contributed by atoms with Gasteiger partial charge in [0.05, 0.1) is 6.20 Å². The predicted molar refractivity (Wildman–Crippen MR) is 75.1 cm³/mol. The largest absolute Gasteiger partial charge is 0.350 e. The molecule has 7 heteroatoms. The normalized spacial score (nSPS) is 16.1. The third-order valence-electron chi connectivity index (χ3n) is 4.28. The van der Waals surface area contributed by atoms with Crippen LogP contribution in [0.4, 0.5) is 8.78 Å². The molecule has 5 nitrogen and oxygen atoms in total. The molecule has 0 aliphatic heterocycles. The van der Waals surface area contributed by atoms with Crippen molar-refractivity contribution in [3.05, 3.63) is 47.3 Å². The highest BCUT2D eigenvalue weighted by atomic mass is 19.1. The van der Waals surface area contributed by atoms with Gasteiger partial charge in [-0.25, -0.2) is 8.78 Å². The van der Waals surface area contributed by atoms with Gasteiger partial charge in [0, 0.05) is 12.6 Å². The standard InChI is InChI=1S/C15H16F2N4O/c16-11-3-2-10(12(17)6-11)7-15(4-1-5-15)9-18-14(22)13-8-19-21-20-13/h2-3,6,8H,1,4-5,7,9H2,(H,18,22)(H,19,20,21). The van der Waals surface area contributed by atoms with E-state index in [2.05, 4.69) is 20.7 Å². The van der Waals surface area contributed by atoms with E-state index in [1.807, 2.05) is 0 Å². The lowest BCUT2D eigenvalue weighted by Gasteiger charge is -2.42. The summed E-state index contributed by atoms with van der Waals surface area (Å²) in [5.74, 6) is -1.39. The number of carbonyl (C=O) groups excluding carboxylic acids is 1. The fraction of sp³-hybridized carbons (Fsp3) is 0.400. The Balaban J connectivity index is 1.66. The smallest absolute Gasteiger partial charge is 0.270 e. The minimum Gasteiger partial charge on any atom is -0.350 e. The van der Waals surface area contributed by atoms with E-state index in [1.165, 1.54) is 18.3 Å². The number of rotatable bonds is 5. The van der Waals surface area contributed by atoms with Gasteiger partial charge in [-0.15, -0.1) is 5.10 Å². The molecule has 0 saturated heterocycles. The molecule has 0 radical (unpaired) electrons. The third-order valence-corrected chi connectivity index (χ3v) is 4.28. The van der Waals surface area contributed by atoms with E-state index >= 15 is 0 Å². The first kappa shape index (κ1) is 14.6. The van der Waals surface area contributed by atoms with Crippen LogP contribution in [-0.4, -0.2) is 27.9 Å². The van der Waals surface area contributed by atoms with Crippen LogP contribution in [0.25, 0.3) is 0 Å². The van der Waals surface area contributed by atoms with E-state index in [9.17, 15) is 13.6 Å². The van der Waals surface area contributed by atoms with E-state index in [-0.39, 0.29) is 11.3 Å². The molecule has 2 aromatic rings. The Hall–Kier alpha value is -2.31. The number of aromatic nitrogens is 3. The molecule has 1 saturated carbocycles. The summed E-state index contributed by atoms with van der Waals surface area (Å²) in [6.45, 7) is 0.446. The van der Waals surface area contributed by atoms with Crippen molar-refractivity contribution in [2.24, 2.45) is 5.41 Å². The number of aromatic amines is 1. The fourth-order valence-electron chi connectivity index (χ4n) is 2.83. The fourth-order valence-corrected chi connectivity index (χ4v) is 2.83. The van der Waals surface area contributed by atoms with Gasteiger partial charge in [0.15, 0.2) is 0 Å². The molecule has 0 bridgehead atoms. The van der Waals surface area contributed by atoms with E-state index < -0.39 is 11.6 Å². The number of benzene rings is 1. The predicted octanol–water partition coefficient (Wildman–Crippen LogP) is 2.23. The van der Waals surface area contributed by atoms with Gasteiger partial charge in [0.25, 0.3) is 5.91 Å². The Morgan fingerprint density at radius 3 is 2.77 bits per heavy atom. The summed E-state index contributed by atoms with van der Waals surface area (Å²) in [6, 6.07) is 3.64. The van der Waals surface area contributed by atoms with Crippen LogP contribution in [0.5, 0.6) is 0 Å². The maximum atomic E-state index is 13.8. The molecule has 1 amide bonds. The maximum Gasteiger partial charge on any atom is 0.270 e. The van der Waals surface area contributed by atoms with Crippen molar-refractivity contribution in [1.29, 1.82) is 0 Å². The molecule has 3 rings (SSSR count). The summed E-state index contributed by atoms with van der Waals surface area (Å²) in [5, 5.41) is 12.4. The average Bonchev–Trinajstić information content (AvgIpc) is 2.98. The lowest BCUT2D eigenvalue weighted by Crippen LogP contribution is -2.43. The van der Waals surface area contributed by atoms with Gasteiger partial charge >= 0.3 is 0 Å². The zero-order valence-corrected chi connectivity index (χ0v) is 11.9. The monoisotopic (exact) mass is 306 g/mol. The third kappa shape index (κ3) is 2.98. The van der Waals surface area contributed by atoms with Gasteiger partial charge in [-0.3, -0.25) is 9.89 Å². The van der Waals surface area contributed by atoms with E-state index in [4.69, 9.17) is 0 Å². The van der Waals surface area contributed by atoms with Crippen LogP contribution in [0.1, 0.15) is 35.3 Å². The average molecular weight is 306 g/mol. The lowest BCUT2D eigenvalue weighted by molar-refractivity contribution is 0.0853. The number of carbonyl (C=O) groups is 1. The first-order valence-corrected chi connectivity index (χ1v) is 7.16. The number of nitrogens with zero attached hydrogens (tertiary/aromatic N) is 2. The summed E-state index contributed by atoms with van der Waals surface area (Å²) in [7, 11) is 0. The molecule has 1 heterocycles. The zero-order chi connectivity index (χ0) is 15.6. The van der Waals surface area contributed by atoms with Gasteiger partial charge in [0.1, 0.15) is 17.3 Å². The van der Waals surface area contributed by atoms with Crippen molar-refractivity contribution in [1.82, 2.24) is 20.7 Å². The van der Waals surface area contributed by atoms with Gasteiger partial charge in [-0.1, -0.05) is 17.7 Å². The van der Waals surface area contributed by atoms with Crippen LogP contribution >= 0.6 is 0 Å². The van der Waals surface area contributed by atoms with Gasteiger partial charge < -0.3 is 5.32 Å². The van der Waals surface area contributed by atoms with Gasteiger partial charge in [-0.05, 0) is 36.3 Å². The minimum atomic E-state index is -0.580. The Morgan fingerprint density at radius 2 is 2.18 bits per heavy atom. The Kier molecular flexibility index (Phi) is 3.87. The highest BCUT2D eigenvalue weighted by Gasteiger charge is 2.38. The second-order valence-electron chi connectivity index (χ2n) is 5.82. The summed E-state index contributed by atoms with van der Waals surface area (Å²) in [5.41, 5.74) is 0.614. The van der Waals surface area contributed by atoms with Crippen molar-refractivity contribution < 1.29 is 13.6 Å². The number of amides is 1. The van der Waals surface area contributed by atoms with Crippen molar-refractivity contribution >= 4 is 5.91 Å². The topological polar surface area (TPSA) is 70.7 Å².